The zero-order valence-electron chi connectivity index (χ0n) is 16.8. The normalized spacial score (nSPS) is 19.7. The van der Waals surface area contributed by atoms with E-state index in [1.54, 1.807) is 0 Å². The molecule has 2 N–H and O–H groups in total. The molecule has 1 fully saturated rings. The van der Waals surface area contributed by atoms with E-state index in [1.165, 1.54) is 22.1 Å². The molecule has 32 heavy (non-hydrogen) atoms. The highest BCUT2D eigenvalue weighted by molar-refractivity contribution is 5.90. The van der Waals surface area contributed by atoms with Gasteiger partial charge in [-0.2, -0.15) is 4.80 Å². The maximum absolute atomic E-state index is 14.9. The summed E-state index contributed by atoms with van der Waals surface area (Å²) in [6, 6.07) is 2.12. The number of carbonyl (C=O) groups excluding carboxylic acids is 2. The summed E-state index contributed by atoms with van der Waals surface area (Å²) in [6.45, 7) is -0.309. The fourth-order valence-corrected chi connectivity index (χ4v) is 3.69. The Morgan fingerprint density at radius 3 is 2.66 bits per heavy atom. The van der Waals surface area contributed by atoms with E-state index in [4.69, 9.17) is 9.84 Å². The Labute approximate surface area is 180 Å². The molecule has 2 amide bonds. The van der Waals surface area contributed by atoms with Gasteiger partial charge >= 0.3 is 6.09 Å². The molecule has 170 valence electrons. The van der Waals surface area contributed by atoms with Gasteiger partial charge in [-0.15, -0.1) is 10.2 Å². The molecule has 2 aliphatic rings. The first-order valence-electron chi connectivity index (χ1n) is 9.82. The van der Waals surface area contributed by atoms with Crippen molar-refractivity contribution in [2.24, 2.45) is 0 Å². The first-order chi connectivity index (χ1) is 15.4. The van der Waals surface area contributed by atoms with Crippen molar-refractivity contribution in [3.05, 3.63) is 41.7 Å². The van der Waals surface area contributed by atoms with E-state index >= 15 is 0 Å². The van der Waals surface area contributed by atoms with E-state index < -0.39 is 42.4 Å². The smallest absolute Gasteiger partial charge is 0.414 e. The van der Waals surface area contributed by atoms with Crippen molar-refractivity contribution in [2.75, 3.05) is 31.1 Å². The minimum absolute atomic E-state index is 0.0158. The molecule has 0 aliphatic carbocycles. The number of hydrogen-bond donors (Lipinski definition) is 2. The third-order valence-electron chi connectivity index (χ3n) is 5.27. The molecule has 0 radical (unpaired) electrons. The van der Waals surface area contributed by atoms with Crippen LogP contribution in [-0.4, -0.2) is 85.8 Å². The van der Waals surface area contributed by atoms with Gasteiger partial charge in [0, 0.05) is 18.7 Å². The lowest BCUT2D eigenvalue weighted by Gasteiger charge is -2.28. The number of amides is 2. The Kier molecular flexibility index (Phi) is 6.10. The molecular weight excluding hydrogens is 430 g/mol. The van der Waals surface area contributed by atoms with Crippen LogP contribution in [0, 0.1) is 11.6 Å². The SMILES string of the molecule is O=C(C(O)CO)N1CC=C(c2c(F)cc(N3CC(Cn4ncnn4)OC3=O)cc2F)CC1. The summed E-state index contributed by atoms with van der Waals surface area (Å²) in [6.07, 6.45) is 0.0221. The minimum Gasteiger partial charge on any atom is -0.442 e. The van der Waals surface area contributed by atoms with Gasteiger partial charge in [0.15, 0.2) is 12.4 Å². The quantitative estimate of drug-likeness (QED) is 0.626. The summed E-state index contributed by atoms with van der Waals surface area (Å²) in [5.41, 5.74) is 0.148. The van der Waals surface area contributed by atoms with E-state index in [9.17, 15) is 23.5 Å². The molecule has 1 aromatic carbocycles. The van der Waals surface area contributed by atoms with Crippen LogP contribution in [0.2, 0.25) is 0 Å². The van der Waals surface area contributed by atoms with Crippen molar-refractivity contribution < 1.29 is 33.3 Å². The van der Waals surface area contributed by atoms with Crippen molar-refractivity contribution in [1.82, 2.24) is 25.1 Å². The van der Waals surface area contributed by atoms with Crippen molar-refractivity contribution in [3.63, 3.8) is 0 Å². The zero-order chi connectivity index (χ0) is 22.8. The highest BCUT2D eigenvalue weighted by Gasteiger charge is 2.34. The molecule has 2 aliphatic heterocycles. The molecule has 0 spiro atoms. The maximum Gasteiger partial charge on any atom is 0.414 e. The van der Waals surface area contributed by atoms with Gasteiger partial charge in [-0.05, 0) is 29.3 Å². The van der Waals surface area contributed by atoms with Crippen LogP contribution in [0.5, 0.6) is 0 Å². The Balaban J connectivity index is 1.49. The first-order valence-corrected chi connectivity index (χ1v) is 9.82. The van der Waals surface area contributed by atoms with Crippen LogP contribution in [0.15, 0.2) is 24.5 Å². The van der Waals surface area contributed by atoms with E-state index in [1.807, 2.05) is 0 Å². The van der Waals surface area contributed by atoms with Gasteiger partial charge in [0.05, 0.1) is 18.8 Å². The summed E-state index contributed by atoms with van der Waals surface area (Å²) < 4.78 is 35.0. The lowest BCUT2D eigenvalue weighted by Crippen LogP contribution is -2.42. The highest BCUT2D eigenvalue weighted by Crippen LogP contribution is 2.32. The van der Waals surface area contributed by atoms with Crippen LogP contribution in [0.1, 0.15) is 12.0 Å². The number of aromatic nitrogens is 4. The topological polar surface area (TPSA) is 134 Å². The standard InChI is InChI=1S/C19H20F2N6O5/c20-14-5-12(26-7-13(32-19(26)31)8-27-23-10-22-24-27)6-15(21)17(14)11-1-3-25(4-2-11)18(30)16(29)9-28/h1,5-6,10,13,16,28-29H,2-4,7-9H2. The zero-order valence-corrected chi connectivity index (χ0v) is 16.8. The number of aliphatic hydroxyl groups excluding tert-OH is 2. The maximum atomic E-state index is 14.9. The van der Waals surface area contributed by atoms with E-state index in [2.05, 4.69) is 15.4 Å². The molecule has 0 saturated carbocycles. The number of aliphatic hydroxyl groups is 2. The van der Waals surface area contributed by atoms with Crippen LogP contribution >= 0.6 is 0 Å². The monoisotopic (exact) mass is 450 g/mol. The van der Waals surface area contributed by atoms with Gasteiger partial charge in [0.1, 0.15) is 24.3 Å². The molecule has 2 atom stereocenters. The molecule has 1 aromatic heterocycles. The van der Waals surface area contributed by atoms with Crippen LogP contribution in [-0.2, 0) is 16.1 Å². The first kappa shape index (κ1) is 21.8. The van der Waals surface area contributed by atoms with Gasteiger partial charge in [-0.3, -0.25) is 9.69 Å². The molecule has 13 heteroatoms. The number of tetrazole rings is 1. The predicted molar refractivity (Wildman–Crippen MR) is 104 cm³/mol. The molecule has 2 aromatic rings. The Morgan fingerprint density at radius 2 is 2.06 bits per heavy atom. The third-order valence-corrected chi connectivity index (χ3v) is 5.27. The summed E-state index contributed by atoms with van der Waals surface area (Å²) in [4.78, 5) is 27.8. The van der Waals surface area contributed by atoms with Gasteiger partial charge < -0.3 is 19.8 Å². The molecular formula is C19H20F2N6O5. The number of cyclic esters (lactones) is 1. The van der Waals surface area contributed by atoms with Gasteiger partial charge in [-0.1, -0.05) is 6.08 Å². The van der Waals surface area contributed by atoms with Gasteiger partial charge in [0.25, 0.3) is 5.91 Å². The fraction of sp³-hybridized carbons (Fsp3) is 0.421. The lowest BCUT2D eigenvalue weighted by molar-refractivity contribution is -0.141. The second-order valence-corrected chi connectivity index (χ2v) is 7.35. The number of ether oxygens (including phenoxy) is 1. The number of hydrogen-bond acceptors (Lipinski definition) is 8. The molecule has 2 unspecified atom stereocenters. The minimum atomic E-state index is -1.53. The Hall–Kier alpha value is -3.45. The summed E-state index contributed by atoms with van der Waals surface area (Å²) in [5.74, 6) is -2.35. The van der Waals surface area contributed by atoms with Crippen LogP contribution in [0.4, 0.5) is 19.3 Å². The number of halogens is 2. The number of rotatable bonds is 6. The highest BCUT2D eigenvalue weighted by atomic mass is 19.1. The van der Waals surface area contributed by atoms with Gasteiger partial charge in [0.2, 0.25) is 0 Å². The van der Waals surface area contributed by atoms with E-state index in [0.717, 1.165) is 17.0 Å². The molecule has 11 nitrogen and oxygen atoms in total. The van der Waals surface area contributed by atoms with E-state index in [0.29, 0.717) is 5.57 Å². The van der Waals surface area contributed by atoms with Crippen molar-refractivity contribution in [3.8, 4) is 0 Å². The molecule has 0 bridgehead atoms. The predicted octanol–water partition coefficient (Wildman–Crippen LogP) is -0.0544. The molecule has 4 rings (SSSR count). The van der Waals surface area contributed by atoms with E-state index in [-0.39, 0.29) is 43.9 Å². The molecule has 3 heterocycles. The number of benzene rings is 1. The average Bonchev–Trinajstić information content (AvgIpc) is 3.42. The molecule has 1 saturated heterocycles. The Morgan fingerprint density at radius 1 is 1.31 bits per heavy atom. The lowest BCUT2D eigenvalue weighted by atomic mass is 9.97. The van der Waals surface area contributed by atoms with Crippen LogP contribution in [0.25, 0.3) is 5.57 Å². The fourth-order valence-electron chi connectivity index (χ4n) is 3.69. The summed E-state index contributed by atoms with van der Waals surface area (Å²) >= 11 is 0. The number of carbonyl (C=O) groups is 2. The average molecular weight is 450 g/mol. The second kappa shape index (κ2) is 8.96. The summed E-state index contributed by atoms with van der Waals surface area (Å²) in [5, 5.41) is 29.4. The number of nitrogens with zero attached hydrogens (tertiary/aromatic N) is 6. The second-order valence-electron chi connectivity index (χ2n) is 7.35. The van der Waals surface area contributed by atoms with Crippen LogP contribution < -0.4 is 4.90 Å². The van der Waals surface area contributed by atoms with Crippen molar-refractivity contribution >= 4 is 23.3 Å². The van der Waals surface area contributed by atoms with Crippen LogP contribution in [0.3, 0.4) is 0 Å². The van der Waals surface area contributed by atoms with Crippen molar-refractivity contribution in [2.45, 2.75) is 25.2 Å². The van der Waals surface area contributed by atoms with Gasteiger partial charge in [-0.25, -0.2) is 13.6 Å². The van der Waals surface area contributed by atoms with Crippen molar-refractivity contribution in [1.29, 1.82) is 0 Å². The Bertz CT molecular complexity index is 1020. The largest absolute Gasteiger partial charge is 0.442 e. The third kappa shape index (κ3) is 4.29. The summed E-state index contributed by atoms with van der Waals surface area (Å²) in [7, 11) is 0. The number of anilines is 1.